The Bertz CT molecular complexity index is 201. The molecule has 2 aliphatic rings. The minimum absolute atomic E-state index is 0.208. The van der Waals surface area contributed by atoms with Crippen LogP contribution in [-0.4, -0.2) is 36.1 Å². The molecule has 2 rings (SSSR count). The van der Waals surface area contributed by atoms with Gasteiger partial charge in [0.1, 0.15) is 12.2 Å². The molecule has 0 amide bonds. The van der Waals surface area contributed by atoms with Gasteiger partial charge in [0.05, 0.1) is 18.8 Å². The molecule has 2 aliphatic heterocycles. The van der Waals surface area contributed by atoms with Crippen molar-refractivity contribution in [3.05, 3.63) is 0 Å². The Kier molecular flexibility index (Phi) is 2.82. The lowest BCUT2D eigenvalue weighted by atomic mass is 9.90. The van der Waals surface area contributed by atoms with Crippen LogP contribution in [0.2, 0.25) is 0 Å². The van der Waals surface area contributed by atoms with Crippen molar-refractivity contribution in [2.24, 2.45) is 11.8 Å². The van der Waals surface area contributed by atoms with Crippen LogP contribution in [0.3, 0.4) is 0 Å². The van der Waals surface area contributed by atoms with E-state index in [9.17, 15) is 5.11 Å². The molecule has 3 heteroatoms. The quantitative estimate of drug-likeness (QED) is 0.678. The second-order valence-electron chi connectivity index (χ2n) is 4.96. The average molecular weight is 200 g/mol. The molecular weight excluding hydrogens is 180 g/mol. The van der Waals surface area contributed by atoms with Gasteiger partial charge in [-0.15, -0.1) is 0 Å². The third-order valence-electron chi connectivity index (χ3n) is 3.22. The highest BCUT2D eigenvalue weighted by Crippen LogP contribution is 2.38. The van der Waals surface area contributed by atoms with Gasteiger partial charge in [0.15, 0.2) is 0 Å². The molecule has 0 aromatic rings. The monoisotopic (exact) mass is 200 g/mol. The predicted octanol–water partition coefficient (Wildman–Crippen LogP) is 1.20. The van der Waals surface area contributed by atoms with Crippen LogP contribution in [0, 0.1) is 11.8 Å². The van der Waals surface area contributed by atoms with Gasteiger partial charge in [-0.05, 0) is 18.3 Å². The van der Waals surface area contributed by atoms with Crippen molar-refractivity contribution in [1.82, 2.24) is 0 Å². The smallest absolute Gasteiger partial charge is 0.113 e. The van der Waals surface area contributed by atoms with Crippen LogP contribution < -0.4 is 0 Å². The molecule has 3 nitrogen and oxygen atoms in total. The molecule has 82 valence electrons. The minimum atomic E-state index is -0.208. The van der Waals surface area contributed by atoms with Gasteiger partial charge in [0.2, 0.25) is 0 Å². The molecule has 0 aliphatic carbocycles. The first-order valence-corrected chi connectivity index (χ1v) is 5.54. The molecule has 3 unspecified atom stereocenters. The van der Waals surface area contributed by atoms with Gasteiger partial charge in [0.25, 0.3) is 0 Å². The molecular formula is C11H20O3. The normalized spacial score (nSPS) is 39.6. The SMILES string of the molecule is CC(C)[C@H](O)[C@H](C)CC1OC1C1CO1. The van der Waals surface area contributed by atoms with E-state index in [1.165, 1.54) is 0 Å². The van der Waals surface area contributed by atoms with E-state index in [1.54, 1.807) is 0 Å². The van der Waals surface area contributed by atoms with Crippen LogP contribution in [0.25, 0.3) is 0 Å². The average Bonchev–Trinajstić information content (AvgIpc) is 2.94. The van der Waals surface area contributed by atoms with Crippen molar-refractivity contribution in [2.75, 3.05) is 6.61 Å². The number of aliphatic hydroxyl groups is 1. The molecule has 0 aromatic carbocycles. The van der Waals surface area contributed by atoms with E-state index in [2.05, 4.69) is 20.8 Å². The molecule has 1 N–H and O–H groups in total. The molecule has 2 heterocycles. The summed E-state index contributed by atoms with van der Waals surface area (Å²) in [7, 11) is 0. The van der Waals surface area contributed by atoms with Crippen molar-refractivity contribution in [3.8, 4) is 0 Å². The maximum atomic E-state index is 9.83. The summed E-state index contributed by atoms with van der Waals surface area (Å²) in [5.74, 6) is 0.656. The molecule has 0 radical (unpaired) electrons. The fourth-order valence-electron chi connectivity index (χ4n) is 2.08. The Hall–Kier alpha value is -0.120. The van der Waals surface area contributed by atoms with Gasteiger partial charge in [-0.1, -0.05) is 20.8 Å². The number of aliphatic hydroxyl groups excluding tert-OH is 1. The van der Waals surface area contributed by atoms with Crippen molar-refractivity contribution in [3.63, 3.8) is 0 Å². The fourth-order valence-corrected chi connectivity index (χ4v) is 2.08. The topological polar surface area (TPSA) is 45.3 Å². The Morgan fingerprint density at radius 1 is 1.36 bits per heavy atom. The van der Waals surface area contributed by atoms with Crippen LogP contribution in [0.4, 0.5) is 0 Å². The van der Waals surface area contributed by atoms with E-state index in [4.69, 9.17) is 9.47 Å². The van der Waals surface area contributed by atoms with Crippen molar-refractivity contribution in [2.45, 2.75) is 51.6 Å². The second kappa shape index (κ2) is 3.80. The summed E-state index contributed by atoms with van der Waals surface area (Å²) in [5, 5.41) is 9.83. The van der Waals surface area contributed by atoms with Gasteiger partial charge in [0, 0.05) is 0 Å². The van der Waals surface area contributed by atoms with Crippen LogP contribution in [0.15, 0.2) is 0 Å². The van der Waals surface area contributed by atoms with Gasteiger partial charge in [-0.3, -0.25) is 0 Å². The summed E-state index contributed by atoms with van der Waals surface area (Å²) in [4.78, 5) is 0. The number of hydrogen-bond acceptors (Lipinski definition) is 3. The maximum Gasteiger partial charge on any atom is 0.113 e. The summed E-state index contributed by atoms with van der Waals surface area (Å²) in [6.07, 6.45) is 1.79. The van der Waals surface area contributed by atoms with Crippen LogP contribution in [-0.2, 0) is 9.47 Å². The molecule has 14 heavy (non-hydrogen) atoms. The lowest BCUT2D eigenvalue weighted by Crippen LogP contribution is -2.25. The Labute approximate surface area is 85.4 Å². The summed E-state index contributed by atoms with van der Waals surface area (Å²) in [6, 6.07) is 0. The third-order valence-corrected chi connectivity index (χ3v) is 3.22. The van der Waals surface area contributed by atoms with Crippen molar-refractivity contribution < 1.29 is 14.6 Å². The lowest BCUT2D eigenvalue weighted by molar-refractivity contribution is 0.0648. The number of ether oxygens (including phenoxy) is 2. The number of epoxide rings is 2. The number of hydrogen-bond donors (Lipinski definition) is 1. The van der Waals surface area contributed by atoms with Gasteiger partial charge in [-0.2, -0.15) is 0 Å². The van der Waals surface area contributed by atoms with E-state index in [0.29, 0.717) is 30.1 Å². The summed E-state index contributed by atoms with van der Waals surface area (Å²) in [6.45, 7) is 7.06. The zero-order chi connectivity index (χ0) is 10.3. The zero-order valence-electron chi connectivity index (χ0n) is 9.14. The van der Waals surface area contributed by atoms with E-state index in [-0.39, 0.29) is 6.10 Å². The van der Waals surface area contributed by atoms with Crippen molar-refractivity contribution >= 4 is 0 Å². The largest absolute Gasteiger partial charge is 0.393 e. The number of rotatable bonds is 5. The summed E-state index contributed by atoms with van der Waals surface area (Å²) < 4.78 is 10.7. The minimum Gasteiger partial charge on any atom is -0.393 e. The Balaban J connectivity index is 1.70. The highest BCUT2D eigenvalue weighted by atomic mass is 16.7. The Morgan fingerprint density at radius 2 is 2.00 bits per heavy atom. The van der Waals surface area contributed by atoms with E-state index in [1.807, 2.05) is 0 Å². The highest BCUT2D eigenvalue weighted by molar-refractivity contribution is 4.97. The fraction of sp³-hybridized carbons (Fsp3) is 1.00. The molecule has 0 saturated carbocycles. The second-order valence-corrected chi connectivity index (χ2v) is 4.96. The summed E-state index contributed by atoms with van der Waals surface area (Å²) >= 11 is 0. The van der Waals surface area contributed by atoms with Gasteiger partial charge < -0.3 is 14.6 Å². The maximum absolute atomic E-state index is 9.83. The molecule has 0 spiro atoms. The highest BCUT2D eigenvalue weighted by Gasteiger charge is 2.51. The van der Waals surface area contributed by atoms with Gasteiger partial charge in [-0.25, -0.2) is 0 Å². The van der Waals surface area contributed by atoms with Crippen molar-refractivity contribution in [1.29, 1.82) is 0 Å². The van der Waals surface area contributed by atoms with E-state index >= 15 is 0 Å². The van der Waals surface area contributed by atoms with E-state index in [0.717, 1.165) is 13.0 Å². The Morgan fingerprint density at radius 3 is 2.50 bits per heavy atom. The van der Waals surface area contributed by atoms with Crippen LogP contribution >= 0.6 is 0 Å². The molecule has 0 bridgehead atoms. The van der Waals surface area contributed by atoms with Crippen LogP contribution in [0.1, 0.15) is 27.2 Å². The first kappa shape index (κ1) is 10.4. The first-order chi connectivity index (χ1) is 6.59. The first-order valence-electron chi connectivity index (χ1n) is 5.54. The zero-order valence-corrected chi connectivity index (χ0v) is 9.14. The third kappa shape index (κ3) is 2.27. The molecule has 5 atom stereocenters. The lowest BCUT2D eigenvalue weighted by Gasteiger charge is -2.21. The summed E-state index contributed by atoms with van der Waals surface area (Å²) in [5.41, 5.74) is 0. The standard InChI is InChI=1S/C11H20O3/c1-6(2)10(12)7(3)4-8-11(14-8)9-5-13-9/h6-12H,4-5H2,1-3H3/t7-,8?,9?,10+,11?/m1/s1. The van der Waals surface area contributed by atoms with E-state index < -0.39 is 0 Å². The van der Waals surface area contributed by atoms with Gasteiger partial charge >= 0.3 is 0 Å². The molecule has 2 fully saturated rings. The van der Waals surface area contributed by atoms with Crippen LogP contribution in [0.5, 0.6) is 0 Å². The predicted molar refractivity (Wildman–Crippen MR) is 53.0 cm³/mol. The molecule has 2 saturated heterocycles. The molecule has 0 aromatic heterocycles.